The van der Waals surface area contributed by atoms with Crippen LogP contribution in [-0.2, 0) is 10.0 Å². The van der Waals surface area contributed by atoms with Crippen molar-refractivity contribution in [2.24, 2.45) is 0 Å². The third kappa shape index (κ3) is 4.59. The minimum absolute atomic E-state index is 0.0838. The number of carbonyl (C=O) groups is 1. The highest BCUT2D eigenvalue weighted by Crippen LogP contribution is 2.25. The molecule has 2 aromatic carbocycles. The van der Waals surface area contributed by atoms with Crippen molar-refractivity contribution in [3.8, 4) is 11.4 Å². The van der Waals surface area contributed by atoms with Crippen molar-refractivity contribution in [2.75, 3.05) is 33.3 Å². The molecular formula is C22H22ClFN4O4S. The number of amides is 1. The lowest BCUT2D eigenvalue weighted by Gasteiger charge is -2.33. The van der Waals surface area contributed by atoms with E-state index < -0.39 is 15.8 Å². The summed E-state index contributed by atoms with van der Waals surface area (Å²) in [5.74, 6) is -0.349. The van der Waals surface area contributed by atoms with Gasteiger partial charge in [-0.15, -0.1) is 0 Å². The van der Waals surface area contributed by atoms with Gasteiger partial charge in [0, 0.05) is 32.4 Å². The van der Waals surface area contributed by atoms with E-state index in [2.05, 4.69) is 5.10 Å². The summed E-state index contributed by atoms with van der Waals surface area (Å²) >= 11 is 5.74. The number of methoxy groups -OCH3 is 1. The zero-order valence-corrected chi connectivity index (χ0v) is 19.6. The molecule has 4 rings (SSSR count). The maximum absolute atomic E-state index is 13.4. The summed E-state index contributed by atoms with van der Waals surface area (Å²) in [6, 6.07) is 10.6. The third-order valence-corrected chi connectivity index (χ3v) is 7.63. The first-order chi connectivity index (χ1) is 15.7. The lowest BCUT2D eigenvalue weighted by atomic mass is 10.2. The Balaban J connectivity index is 1.46. The van der Waals surface area contributed by atoms with Crippen LogP contribution >= 0.6 is 11.6 Å². The van der Waals surface area contributed by atoms with Gasteiger partial charge in [0.15, 0.2) is 5.69 Å². The Morgan fingerprint density at radius 1 is 1.09 bits per heavy atom. The largest absolute Gasteiger partial charge is 0.494 e. The molecule has 1 saturated heterocycles. The van der Waals surface area contributed by atoms with Crippen molar-refractivity contribution in [1.82, 2.24) is 19.0 Å². The molecule has 0 saturated carbocycles. The Morgan fingerprint density at radius 3 is 2.48 bits per heavy atom. The topological polar surface area (TPSA) is 84.7 Å². The van der Waals surface area contributed by atoms with E-state index in [1.54, 1.807) is 29.0 Å². The molecule has 1 amide bonds. The molecule has 0 atom stereocenters. The van der Waals surface area contributed by atoms with Gasteiger partial charge in [0.05, 0.1) is 17.0 Å². The molecule has 0 unspecified atom stereocenters. The van der Waals surface area contributed by atoms with E-state index in [-0.39, 0.29) is 47.7 Å². The summed E-state index contributed by atoms with van der Waals surface area (Å²) in [5.41, 5.74) is 1.99. The highest BCUT2D eigenvalue weighted by Gasteiger charge is 2.31. The molecule has 1 aromatic heterocycles. The molecular weight excluding hydrogens is 471 g/mol. The van der Waals surface area contributed by atoms with Crippen LogP contribution in [0.25, 0.3) is 5.69 Å². The number of halogens is 2. The van der Waals surface area contributed by atoms with Crippen LogP contribution in [0.4, 0.5) is 4.39 Å². The van der Waals surface area contributed by atoms with Gasteiger partial charge in [-0.05, 0) is 48.9 Å². The van der Waals surface area contributed by atoms with Gasteiger partial charge in [0.2, 0.25) is 10.0 Å². The molecule has 0 radical (unpaired) electrons. The van der Waals surface area contributed by atoms with Crippen molar-refractivity contribution in [2.45, 2.75) is 11.8 Å². The van der Waals surface area contributed by atoms with E-state index in [4.69, 9.17) is 16.3 Å². The van der Waals surface area contributed by atoms with Crippen LogP contribution in [0.2, 0.25) is 5.02 Å². The van der Waals surface area contributed by atoms with Gasteiger partial charge >= 0.3 is 0 Å². The third-order valence-electron chi connectivity index (χ3n) is 5.44. The number of ether oxygens (including phenoxy) is 1. The molecule has 3 aromatic rings. The van der Waals surface area contributed by atoms with Gasteiger partial charge < -0.3 is 9.64 Å². The minimum Gasteiger partial charge on any atom is -0.494 e. The number of benzene rings is 2. The molecule has 8 nitrogen and oxygen atoms in total. The van der Waals surface area contributed by atoms with Gasteiger partial charge in [-0.25, -0.2) is 17.5 Å². The zero-order valence-electron chi connectivity index (χ0n) is 18.0. The first-order valence-corrected chi connectivity index (χ1v) is 12.0. The van der Waals surface area contributed by atoms with Crippen molar-refractivity contribution < 1.29 is 22.3 Å². The highest BCUT2D eigenvalue weighted by molar-refractivity contribution is 7.89. The molecule has 33 heavy (non-hydrogen) atoms. The van der Waals surface area contributed by atoms with E-state index in [0.29, 0.717) is 11.4 Å². The fraction of sp³-hybridized carbons (Fsp3) is 0.273. The molecule has 11 heteroatoms. The first kappa shape index (κ1) is 23.2. The average molecular weight is 493 g/mol. The second-order valence-electron chi connectivity index (χ2n) is 7.59. The fourth-order valence-corrected chi connectivity index (χ4v) is 5.33. The molecule has 0 aliphatic carbocycles. The van der Waals surface area contributed by atoms with Crippen LogP contribution in [-0.4, -0.2) is 66.6 Å². The average Bonchev–Trinajstić information content (AvgIpc) is 3.30. The number of rotatable bonds is 5. The summed E-state index contributed by atoms with van der Waals surface area (Å²) in [6.07, 6.45) is 1.68. The lowest BCUT2D eigenvalue weighted by molar-refractivity contribution is 0.0691. The Labute approximate surface area is 196 Å². The fourth-order valence-electron chi connectivity index (χ4n) is 3.63. The van der Waals surface area contributed by atoms with Crippen molar-refractivity contribution in [1.29, 1.82) is 0 Å². The Morgan fingerprint density at radius 2 is 1.82 bits per heavy atom. The predicted octanol–water partition coefficient (Wildman–Crippen LogP) is 3.13. The Bertz CT molecular complexity index is 1300. The normalized spacial score (nSPS) is 15.0. The van der Waals surface area contributed by atoms with Gasteiger partial charge in [-0.3, -0.25) is 4.79 Å². The standard InChI is InChI=1S/C22H22ClFN4O4S/c1-15-3-6-21(32-2)20(13-15)28-8-7-19(25-28)22(29)26-9-11-27(12-10-26)33(30,31)16-4-5-18(24)17(23)14-16/h3-8,13-14H,9-12H2,1-2H3. The molecule has 1 aliphatic rings. The van der Waals surface area contributed by atoms with E-state index >= 15 is 0 Å². The summed E-state index contributed by atoms with van der Waals surface area (Å²) in [7, 11) is -2.28. The van der Waals surface area contributed by atoms with Crippen LogP contribution in [0, 0.1) is 12.7 Å². The monoisotopic (exact) mass is 492 g/mol. The molecule has 0 N–H and O–H groups in total. The Hall–Kier alpha value is -2.95. The quantitative estimate of drug-likeness (QED) is 0.546. The van der Waals surface area contributed by atoms with Crippen molar-refractivity contribution in [3.63, 3.8) is 0 Å². The van der Waals surface area contributed by atoms with E-state index in [1.807, 2.05) is 25.1 Å². The number of piperazine rings is 1. The van der Waals surface area contributed by atoms with E-state index in [1.165, 1.54) is 10.4 Å². The maximum atomic E-state index is 13.4. The summed E-state index contributed by atoms with van der Waals surface area (Å²) in [4.78, 5) is 14.4. The van der Waals surface area contributed by atoms with Gasteiger partial charge in [0.25, 0.3) is 5.91 Å². The minimum atomic E-state index is -3.85. The second-order valence-corrected chi connectivity index (χ2v) is 9.94. The number of aromatic nitrogens is 2. The van der Waals surface area contributed by atoms with Crippen LogP contribution < -0.4 is 4.74 Å². The summed E-state index contributed by atoms with van der Waals surface area (Å²) in [6.45, 7) is 2.57. The lowest BCUT2D eigenvalue weighted by Crippen LogP contribution is -2.50. The molecule has 1 fully saturated rings. The van der Waals surface area contributed by atoms with E-state index in [9.17, 15) is 17.6 Å². The second kappa shape index (κ2) is 9.12. The summed E-state index contributed by atoms with van der Waals surface area (Å²) in [5, 5.41) is 4.14. The highest BCUT2D eigenvalue weighted by atomic mass is 35.5. The SMILES string of the molecule is COc1ccc(C)cc1-n1ccc(C(=O)N2CCN(S(=O)(=O)c3ccc(F)c(Cl)c3)CC2)n1. The molecule has 0 bridgehead atoms. The summed E-state index contributed by atoms with van der Waals surface area (Å²) < 4.78 is 47.4. The molecule has 174 valence electrons. The predicted molar refractivity (Wildman–Crippen MR) is 121 cm³/mol. The number of carbonyl (C=O) groups excluding carboxylic acids is 1. The number of sulfonamides is 1. The van der Waals surface area contributed by atoms with Crippen LogP contribution in [0.5, 0.6) is 5.75 Å². The number of nitrogens with zero attached hydrogens (tertiary/aromatic N) is 4. The number of hydrogen-bond donors (Lipinski definition) is 0. The smallest absolute Gasteiger partial charge is 0.274 e. The maximum Gasteiger partial charge on any atom is 0.274 e. The Kier molecular flexibility index (Phi) is 6.42. The van der Waals surface area contributed by atoms with Crippen LogP contribution in [0.15, 0.2) is 53.6 Å². The van der Waals surface area contributed by atoms with Crippen molar-refractivity contribution >= 4 is 27.5 Å². The van der Waals surface area contributed by atoms with Crippen LogP contribution in [0.3, 0.4) is 0 Å². The number of aryl methyl sites for hydroxylation is 1. The molecule has 0 spiro atoms. The van der Waals surface area contributed by atoms with Crippen LogP contribution in [0.1, 0.15) is 16.1 Å². The number of hydrogen-bond acceptors (Lipinski definition) is 5. The van der Waals surface area contributed by atoms with Gasteiger partial charge in [-0.2, -0.15) is 9.40 Å². The zero-order chi connectivity index (χ0) is 23.8. The molecule has 2 heterocycles. The van der Waals surface area contributed by atoms with Crippen molar-refractivity contribution in [3.05, 3.63) is 70.8 Å². The molecule has 1 aliphatic heterocycles. The van der Waals surface area contributed by atoms with Gasteiger partial charge in [-0.1, -0.05) is 17.7 Å². The van der Waals surface area contributed by atoms with Gasteiger partial charge in [0.1, 0.15) is 17.3 Å². The van der Waals surface area contributed by atoms with E-state index in [0.717, 1.165) is 17.7 Å². The first-order valence-electron chi connectivity index (χ1n) is 10.2.